The first-order valence-electron chi connectivity index (χ1n) is 11.4. The molecule has 5 nitrogen and oxygen atoms in total. The van der Waals surface area contributed by atoms with E-state index in [9.17, 15) is 0 Å². The van der Waals surface area contributed by atoms with E-state index in [0.717, 1.165) is 57.3 Å². The summed E-state index contributed by atoms with van der Waals surface area (Å²) in [6, 6.07) is 13.8. The number of benzene rings is 2. The number of ether oxygens (including phenoxy) is 3. The Hall–Kier alpha value is -2.08. The molecular formula is C25H36N2O3+2. The Balaban J connectivity index is 1.52. The Morgan fingerprint density at radius 3 is 2.67 bits per heavy atom. The summed E-state index contributed by atoms with van der Waals surface area (Å²) in [6.45, 7) is 12.9. The molecule has 4 rings (SSSR count). The number of quaternary nitrogens is 2. The smallest absolute Gasteiger partial charge is 0.161 e. The number of hydrogen-bond donors (Lipinski definition) is 2. The molecule has 0 aliphatic carbocycles. The lowest BCUT2D eigenvalue weighted by Gasteiger charge is -2.27. The van der Waals surface area contributed by atoms with E-state index < -0.39 is 0 Å². The zero-order valence-electron chi connectivity index (χ0n) is 18.6. The molecule has 2 aromatic rings. The molecule has 3 N–H and O–H groups in total. The van der Waals surface area contributed by atoms with Gasteiger partial charge in [-0.15, -0.1) is 0 Å². The maximum atomic E-state index is 6.02. The number of hydrogen-bond acceptors (Lipinski definition) is 3. The number of rotatable bonds is 8. The average Bonchev–Trinajstić information content (AvgIpc) is 3.11. The normalized spacial score (nSPS) is 19.9. The Kier molecular flexibility index (Phi) is 6.93. The van der Waals surface area contributed by atoms with Gasteiger partial charge in [0.05, 0.1) is 25.4 Å². The number of nitrogens with one attached hydrogen (secondary N) is 1. The molecule has 1 fully saturated rings. The summed E-state index contributed by atoms with van der Waals surface area (Å²) in [4.78, 5) is 1.62. The summed E-state index contributed by atoms with van der Waals surface area (Å²) in [7, 11) is 0. The van der Waals surface area contributed by atoms with Gasteiger partial charge in [-0.25, -0.2) is 0 Å². The molecule has 0 spiro atoms. The van der Waals surface area contributed by atoms with Gasteiger partial charge in [-0.2, -0.15) is 0 Å². The first-order chi connectivity index (χ1) is 14.6. The quantitative estimate of drug-likeness (QED) is 0.690. The third kappa shape index (κ3) is 5.15. The van der Waals surface area contributed by atoms with Crippen LogP contribution < -0.4 is 19.7 Å². The van der Waals surface area contributed by atoms with Gasteiger partial charge < -0.3 is 24.4 Å². The van der Waals surface area contributed by atoms with Crippen LogP contribution >= 0.6 is 0 Å². The standard InChI is InChI=1S/C25H34N2O3/c1-4-29-24-14-21-13-19(3)30-25(21)15-22(24)16-26-23(17-27-9-11-28-12-10-27)20-7-5-18(2)6-8-20/h5-8,14-15,19,23,26H,4,9-13,16-17H2,1-3H3/p+2/t19-,23+/m0/s1. The van der Waals surface area contributed by atoms with Gasteiger partial charge in [-0.1, -0.05) is 29.8 Å². The summed E-state index contributed by atoms with van der Waals surface area (Å²) in [5.41, 5.74) is 5.18. The van der Waals surface area contributed by atoms with E-state index in [1.54, 1.807) is 4.90 Å². The van der Waals surface area contributed by atoms with Gasteiger partial charge in [0, 0.05) is 17.5 Å². The zero-order chi connectivity index (χ0) is 20.9. The lowest BCUT2D eigenvalue weighted by atomic mass is 10.0. The van der Waals surface area contributed by atoms with Crippen molar-refractivity contribution in [3.63, 3.8) is 0 Å². The van der Waals surface area contributed by atoms with Crippen molar-refractivity contribution in [2.75, 3.05) is 39.5 Å². The van der Waals surface area contributed by atoms with E-state index >= 15 is 0 Å². The van der Waals surface area contributed by atoms with Crippen molar-refractivity contribution in [1.82, 2.24) is 0 Å². The third-order valence-electron chi connectivity index (χ3n) is 6.22. The predicted octanol–water partition coefficient (Wildman–Crippen LogP) is 1.44. The van der Waals surface area contributed by atoms with Crippen LogP contribution in [0.3, 0.4) is 0 Å². The lowest BCUT2D eigenvalue weighted by molar-refractivity contribution is -0.929. The van der Waals surface area contributed by atoms with E-state index in [1.165, 1.54) is 22.3 Å². The zero-order valence-corrected chi connectivity index (χ0v) is 18.6. The van der Waals surface area contributed by atoms with E-state index in [4.69, 9.17) is 14.2 Å². The van der Waals surface area contributed by atoms with Gasteiger partial charge in [0.25, 0.3) is 0 Å². The molecule has 5 heteroatoms. The van der Waals surface area contributed by atoms with Crippen LogP contribution in [0.4, 0.5) is 0 Å². The second-order valence-electron chi connectivity index (χ2n) is 8.66. The largest absolute Gasteiger partial charge is 0.493 e. The third-order valence-corrected chi connectivity index (χ3v) is 6.22. The van der Waals surface area contributed by atoms with Crippen molar-refractivity contribution < 1.29 is 24.4 Å². The molecule has 0 radical (unpaired) electrons. The maximum absolute atomic E-state index is 6.02. The van der Waals surface area contributed by atoms with E-state index in [1.807, 2.05) is 0 Å². The van der Waals surface area contributed by atoms with Gasteiger partial charge in [0.15, 0.2) is 6.04 Å². The molecule has 2 heterocycles. The van der Waals surface area contributed by atoms with E-state index in [-0.39, 0.29) is 6.10 Å². The van der Waals surface area contributed by atoms with Crippen LogP contribution in [0.5, 0.6) is 11.5 Å². The second kappa shape index (κ2) is 9.82. The second-order valence-corrected chi connectivity index (χ2v) is 8.66. The Bertz CT molecular complexity index is 831. The highest BCUT2D eigenvalue weighted by atomic mass is 16.5. The molecule has 0 bridgehead atoms. The highest BCUT2D eigenvalue weighted by molar-refractivity contribution is 5.48. The van der Waals surface area contributed by atoms with Crippen LogP contribution in [0.25, 0.3) is 0 Å². The van der Waals surface area contributed by atoms with E-state index in [0.29, 0.717) is 12.6 Å². The predicted molar refractivity (Wildman–Crippen MR) is 117 cm³/mol. The molecule has 30 heavy (non-hydrogen) atoms. The van der Waals surface area contributed by atoms with Crippen LogP contribution in [0.1, 0.15) is 42.1 Å². The van der Waals surface area contributed by atoms with Gasteiger partial charge in [-0.3, -0.25) is 0 Å². The van der Waals surface area contributed by atoms with Crippen molar-refractivity contribution >= 4 is 0 Å². The topological polar surface area (TPSA) is 48.7 Å². The van der Waals surface area contributed by atoms with Gasteiger partial charge in [0.2, 0.25) is 0 Å². The minimum Gasteiger partial charge on any atom is -0.493 e. The van der Waals surface area contributed by atoms with Crippen LogP contribution in [0.15, 0.2) is 36.4 Å². The van der Waals surface area contributed by atoms with Crippen molar-refractivity contribution in [3.8, 4) is 11.5 Å². The number of fused-ring (bicyclic) bond motifs is 1. The summed E-state index contributed by atoms with van der Waals surface area (Å²) < 4.78 is 17.6. The first kappa shape index (κ1) is 21.2. The summed E-state index contributed by atoms with van der Waals surface area (Å²) >= 11 is 0. The Morgan fingerprint density at radius 2 is 1.93 bits per heavy atom. The molecule has 0 saturated carbocycles. The molecular weight excluding hydrogens is 376 g/mol. The Labute approximate surface area is 180 Å². The van der Waals surface area contributed by atoms with Crippen LogP contribution in [-0.4, -0.2) is 45.6 Å². The van der Waals surface area contributed by atoms with Gasteiger partial charge in [-0.05, 0) is 32.9 Å². The number of morpholine rings is 1. The number of aryl methyl sites for hydroxylation is 1. The molecule has 0 amide bonds. The van der Waals surface area contributed by atoms with E-state index in [2.05, 4.69) is 62.5 Å². The lowest BCUT2D eigenvalue weighted by Crippen LogP contribution is -3.16. The monoisotopic (exact) mass is 412 g/mol. The highest BCUT2D eigenvalue weighted by Gasteiger charge is 2.26. The summed E-state index contributed by atoms with van der Waals surface area (Å²) in [5.74, 6) is 2.03. The van der Waals surface area contributed by atoms with Crippen LogP contribution in [0.2, 0.25) is 0 Å². The SMILES string of the molecule is CCOc1cc2c(cc1C[NH2+][C@H](C[NH+]1CCOCC1)c1ccc(C)cc1)O[C@@H](C)C2. The maximum Gasteiger partial charge on any atom is 0.161 e. The fourth-order valence-corrected chi connectivity index (χ4v) is 4.53. The van der Waals surface area contributed by atoms with Crippen molar-refractivity contribution in [2.24, 2.45) is 0 Å². The first-order valence-corrected chi connectivity index (χ1v) is 11.4. The fraction of sp³-hybridized carbons (Fsp3) is 0.520. The molecule has 162 valence electrons. The highest BCUT2D eigenvalue weighted by Crippen LogP contribution is 2.34. The molecule has 1 saturated heterocycles. The fourth-order valence-electron chi connectivity index (χ4n) is 4.53. The molecule has 2 atom stereocenters. The van der Waals surface area contributed by atoms with Crippen LogP contribution in [-0.2, 0) is 17.7 Å². The molecule has 2 aromatic carbocycles. The minimum atomic E-state index is 0.249. The summed E-state index contributed by atoms with van der Waals surface area (Å²) in [6.07, 6.45) is 1.21. The Morgan fingerprint density at radius 1 is 1.17 bits per heavy atom. The molecule has 0 aromatic heterocycles. The number of nitrogens with two attached hydrogens (primary N) is 1. The van der Waals surface area contributed by atoms with Crippen molar-refractivity contribution in [2.45, 2.75) is 45.9 Å². The van der Waals surface area contributed by atoms with Gasteiger partial charge in [0.1, 0.15) is 43.8 Å². The van der Waals surface area contributed by atoms with Crippen molar-refractivity contribution in [3.05, 3.63) is 58.7 Å². The van der Waals surface area contributed by atoms with Gasteiger partial charge >= 0.3 is 0 Å². The van der Waals surface area contributed by atoms with Crippen LogP contribution in [0, 0.1) is 6.92 Å². The summed E-state index contributed by atoms with van der Waals surface area (Å²) in [5, 5.41) is 2.47. The molecule has 0 unspecified atom stereocenters. The average molecular weight is 413 g/mol. The van der Waals surface area contributed by atoms with Crippen molar-refractivity contribution in [1.29, 1.82) is 0 Å². The molecule has 2 aliphatic rings. The minimum absolute atomic E-state index is 0.249. The molecule has 2 aliphatic heterocycles.